The third kappa shape index (κ3) is 3.71. The fourth-order valence-corrected chi connectivity index (χ4v) is 3.28. The Balaban J connectivity index is 0.00000225. The maximum absolute atomic E-state index is 13.4. The van der Waals surface area contributed by atoms with Crippen LogP contribution in [0.15, 0.2) is 42.5 Å². The Labute approximate surface area is 163 Å². The van der Waals surface area contributed by atoms with Crippen molar-refractivity contribution in [3.63, 3.8) is 0 Å². The lowest BCUT2D eigenvalue weighted by atomic mass is 10.1. The number of alkyl halides is 2. The number of imidazole rings is 1. The first-order valence-electron chi connectivity index (χ1n) is 7.16. The highest BCUT2D eigenvalue weighted by atomic mass is 79.9. The van der Waals surface area contributed by atoms with Gasteiger partial charge in [0.1, 0.15) is 0 Å². The lowest BCUT2D eigenvalue weighted by Crippen LogP contribution is -3.00. The second-order valence-electron chi connectivity index (χ2n) is 5.32. The Bertz CT molecular complexity index is 944. The minimum atomic E-state index is -2.69. The van der Waals surface area contributed by atoms with Crippen molar-refractivity contribution in [1.29, 1.82) is 0 Å². The smallest absolute Gasteiger partial charge is 0.387 e. The van der Waals surface area contributed by atoms with Gasteiger partial charge in [-0.2, -0.15) is 13.3 Å². The highest BCUT2D eigenvalue weighted by Gasteiger charge is 2.28. The number of carbonyl (C=O) groups excluding carboxylic acids is 1. The Kier molecular flexibility index (Phi) is 6.19. The molecule has 0 radical (unpaired) electrons. The summed E-state index contributed by atoms with van der Waals surface area (Å²) < 4.78 is 29.2. The van der Waals surface area contributed by atoms with Crippen molar-refractivity contribution in [2.45, 2.75) is 20.0 Å². The van der Waals surface area contributed by atoms with Crippen molar-refractivity contribution in [1.82, 2.24) is 4.57 Å². The number of nitrogens with zero attached hydrogens (tertiary/aromatic N) is 2. The molecule has 0 atom stereocenters. The van der Waals surface area contributed by atoms with E-state index in [0.29, 0.717) is 27.4 Å². The Morgan fingerprint density at radius 2 is 1.88 bits per heavy atom. The predicted octanol–water partition coefficient (Wildman–Crippen LogP) is 1.83. The van der Waals surface area contributed by atoms with Crippen molar-refractivity contribution in [2.24, 2.45) is 0 Å². The van der Waals surface area contributed by atoms with E-state index in [2.05, 4.69) is 0 Å². The van der Waals surface area contributed by atoms with Crippen LogP contribution in [-0.4, -0.2) is 10.4 Å². The topological polar surface area (TPSA) is 25.9 Å². The molecule has 0 N–H and O–H groups in total. The van der Waals surface area contributed by atoms with Crippen molar-refractivity contribution in [3.05, 3.63) is 63.9 Å². The summed E-state index contributed by atoms with van der Waals surface area (Å²) >= 11 is 11.9. The summed E-state index contributed by atoms with van der Waals surface area (Å²) in [7, 11) is 0. The summed E-state index contributed by atoms with van der Waals surface area (Å²) in [5, 5.41) is 0.665. The number of carbonyl (C=O) groups is 1. The van der Waals surface area contributed by atoms with Crippen LogP contribution >= 0.6 is 23.2 Å². The third-order valence-corrected chi connectivity index (χ3v) is 4.45. The molecule has 3 aromatic rings. The SMILES string of the molecule is Cc1n(C(F)F)c2ccccc2[n+]1CC(=O)c1ccc(Cl)cc1Cl.[Br-]. The number of aromatic nitrogens is 2. The van der Waals surface area contributed by atoms with Crippen LogP contribution in [0.4, 0.5) is 8.78 Å². The Morgan fingerprint density at radius 3 is 2.52 bits per heavy atom. The van der Waals surface area contributed by atoms with Gasteiger partial charge in [0.05, 0.1) is 5.02 Å². The molecule has 25 heavy (non-hydrogen) atoms. The summed E-state index contributed by atoms with van der Waals surface area (Å²) in [5.41, 5.74) is 1.25. The molecule has 0 aliphatic carbocycles. The molecule has 0 amide bonds. The molecule has 1 aromatic heterocycles. The average Bonchev–Trinajstić information content (AvgIpc) is 2.79. The van der Waals surface area contributed by atoms with Gasteiger partial charge < -0.3 is 17.0 Å². The highest BCUT2D eigenvalue weighted by molar-refractivity contribution is 6.36. The number of halogens is 5. The van der Waals surface area contributed by atoms with Gasteiger partial charge in [0, 0.05) is 17.5 Å². The molecule has 8 heteroatoms. The molecular formula is C17H13BrCl2F2N2O. The zero-order chi connectivity index (χ0) is 17.4. The van der Waals surface area contributed by atoms with E-state index in [1.165, 1.54) is 12.1 Å². The number of fused-ring (bicyclic) bond motifs is 1. The number of ketones is 1. The van der Waals surface area contributed by atoms with Gasteiger partial charge >= 0.3 is 6.55 Å². The average molecular weight is 450 g/mol. The quantitative estimate of drug-likeness (QED) is 0.440. The molecular weight excluding hydrogens is 437 g/mol. The van der Waals surface area contributed by atoms with Gasteiger partial charge in [-0.05, 0) is 30.3 Å². The number of rotatable bonds is 4. The highest BCUT2D eigenvalue weighted by Crippen LogP contribution is 2.23. The van der Waals surface area contributed by atoms with Crippen LogP contribution in [0.25, 0.3) is 11.0 Å². The largest absolute Gasteiger partial charge is 1.00 e. The third-order valence-electron chi connectivity index (χ3n) is 3.90. The molecule has 132 valence electrons. The normalized spacial score (nSPS) is 11.0. The molecule has 0 spiro atoms. The monoisotopic (exact) mass is 448 g/mol. The lowest BCUT2D eigenvalue weighted by molar-refractivity contribution is -0.664. The molecule has 2 aromatic carbocycles. The maximum atomic E-state index is 13.4. The van der Waals surface area contributed by atoms with Crippen LogP contribution < -0.4 is 21.5 Å². The molecule has 0 saturated carbocycles. The summed E-state index contributed by atoms with van der Waals surface area (Å²) in [5.74, 6) is 0.0200. The fraction of sp³-hybridized carbons (Fsp3) is 0.176. The van der Waals surface area contributed by atoms with Gasteiger partial charge in [-0.15, -0.1) is 0 Å². The van der Waals surface area contributed by atoms with Crippen molar-refractivity contribution >= 4 is 40.0 Å². The summed E-state index contributed by atoms with van der Waals surface area (Å²) in [6, 6.07) is 11.3. The minimum Gasteiger partial charge on any atom is -1.00 e. The molecule has 3 rings (SSSR count). The predicted molar refractivity (Wildman–Crippen MR) is 88.9 cm³/mol. The maximum Gasteiger partial charge on any atom is 0.387 e. The van der Waals surface area contributed by atoms with E-state index in [1.54, 1.807) is 41.8 Å². The van der Waals surface area contributed by atoms with Gasteiger partial charge in [-0.25, -0.2) is 4.57 Å². The van der Waals surface area contributed by atoms with Crippen molar-refractivity contribution in [3.8, 4) is 0 Å². The van der Waals surface area contributed by atoms with Crippen LogP contribution in [0.1, 0.15) is 22.7 Å². The lowest BCUT2D eigenvalue weighted by Gasteiger charge is -2.04. The minimum absolute atomic E-state index is 0. The first kappa shape index (κ1) is 19.8. The van der Waals surface area contributed by atoms with Crippen molar-refractivity contribution in [2.75, 3.05) is 0 Å². The van der Waals surface area contributed by atoms with Crippen LogP contribution in [0.5, 0.6) is 0 Å². The van der Waals surface area contributed by atoms with Crippen LogP contribution in [0, 0.1) is 6.92 Å². The van der Waals surface area contributed by atoms with Crippen LogP contribution in [0.2, 0.25) is 10.0 Å². The molecule has 3 nitrogen and oxygen atoms in total. The van der Waals surface area contributed by atoms with E-state index in [1.807, 2.05) is 0 Å². The molecule has 0 fully saturated rings. The summed E-state index contributed by atoms with van der Waals surface area (Å²) in [6.45, 7) is -1.22. The van der Waals surface area contributed by atoms with E-state index >= 15 is 0 Å². The standard InChI is InChI=1S/C17H13Cl2F2N2O.BrH/c1-10-22(9-16(24)12-7-6-11(18)8-13(12)19)14-4-2-3-5-15(14)23(10)17(20)21;/h2-8,17H,9H2,1H3;1H/q+1;/p-1. The van der Waals surface area contributed by atoms with Gasteiger partial charge in [-0.1, -0.05) is 35.3 Å². The molecule has 0 bridgehead atoms. The van der Waals surface area contributed by atoms with Gasteiger partial charge in [-0.3, -0.25) is 4.79 Å². The number of Topliss-reactive ketones (excluding diaryl/α,β-unsaturated/α-hetero) is 1. The number of hydrogen-bond donors (Lipinski definition) is 0. The van der Waals surface area contributed by atoms with E-state index in [4.69, 9.17) is 23.2 Å². The number of benzene rings is 2. The zero-order valence-electron chi connectivity index (χ0n) is 13.0. The van der Waals surface area contributed by atoms with Gasteiger partial charge in [0.2, 0.25) is 5.78 Å². The van der Waals surface area contributed by atoms with Crippen LogP contribution in [0.3, 0.4) is 0 Å². The molecule has 0 aliphatic heterocycles. The first-order chi connectivity index (χ1) is 11.4. The summed E-state index contributed by atoms with van der Waals surface area (Å²) in [4.78, 5) is 12.6. The first-order valence-corrected chi connectivity index (χ1v) is 7.91. The second-order valence-corrected chi connectivity index (χ2v) is 6.16. The summed E-state index contributed by atoms with van der Waals surface area (Å²) in [6.07, 6.45) is 0. The van der Waals surface area contributed by atoms with Gasteiger partial charge in [0.25, 0.3) is 5.82 Å². The van der Waals surface area contributed by atoms with E-state index in [9.17, 15) is 13.6 Å². The second kappa shape index (κ2) is 7.81. The van der Waals surface area contributed by atoms with E-state index in [0.717, 1.165) is 4.57 Å². The van der Waals surface area contributed by atoms with E-state index in [-0.39, 0.29) is 34.3 Å². The number of hydrogen-bond acceptors (Lipinski definition) is 1. The van der Waals surface area contributed by atoms with E-state index < -0.39 is 6.55 Å². The zero-order valence-corrected chi connectivity index (χ0v) is 16.1. The molecule has 0 aliphatic rings. The number of para-hydroxylation sites is 2. The molecule has 0 unspecified atom stereocenters. The Hall–Kier alpha value is -1.50. The van der Waals surface area contributed by atoms with Crippen LogP contribution in [-0.2, 0) is 6.54 Å². The molecule has 0 saturated heterocycles. The fourth-order valence-electron chi connectivity index (χ4n) is 2.77. The Morgan fingerprint density at radius 1 is 1.20 bits per heavy atom. The van der Waals surface area contributed by atoms with Gasteiger partial charge in [0.15, 0.2) is 17.6 Å². The van der Waals surface area contributed by atoms with Crippen molar-refractivity contribution < 1.29 is 35.1 Å². The molecule has 1 heterocycles.